The van der Waals surface area contributed by atoms with Gasteiger partial charge in [0.2, 0.25) is 5.91 Å². The molecular formula is C15H27N5O. The second-order valence-electron chi connectivity index (χ2n) is 5.62. The standard InChI is InChI=1S/C15H27N5O/c1-17-13-5-10-20(11-6-13)15(21)4-3-14-18-8-12-19(14)9-2-7-16/h8,12-13,17H,2-7,9-11,16H2,1H3. The molecule has 0 aromatic carbocycles. The summed E-state index contributed by atoms with van der Waals surface area (Å²) in [4.78, 5) is 18.6. The van der Waals surface area contributed by atoms with Gasteiger partial charge in [-0.15, -0.1) is 0 Å². The number of nitrogens with zero attached hydrogens (tertiary/aromatic N) is 3. The molecule has 1 aliphatic heterocycles. The highest BCUT2D eigenvalue weighted by Gasteiger charge is 2.21. The van der Waals surface area contributed by atoms with E-state index in [2.05, 4.69) is 14.9 Å². The summed E-state index contributed by atoms with van der Waals surface area (Å²) in [6, 6.07) is 0.559. The van der Waals surface area contributed by atoms with E-state index >= 15 is 0 Å². The van der Waals surface area contributed by atoms with Crippen molar-refractivity contribution in [1.82, 2.24) is 19.8 Å². The summed E-state index contributed by atoms with van der Waals surface area (Å²) in [7, 11) is 1.99. The van der Waals surface area contributed by atoms with E-state index in [9.17, 15) is 4.79 Å². The van der Waals surface area contributed by atoms with Crippen LogP contribution in [0.4, 0.5) is 0 Å². The molecule has 2 heterocycles. The molecule has 2 rings (SSSR count). The average Bonchev–Trinajstić information content (AvgIpc) is 2.98. The molecule has 1 fully saturated rings. The highest BCUT2D eigenvalue weighted by molar-refractivity contribution is 5.76. The zero-order valence-corrected chi connectivity index (χ0v) is 12.9. The molecule has 0 saturated carbocycles. The summed E-state index contributed by atoms with van der Waals surface area (Å²) in [6.07, 6.45) is 8.06. The molecule has 3 N–H and O–H groups in total. The Balaban J connectivity index is 1.78. The molecule has 6 nitrogen and oxygen atoms in total. The van der Waals surface area contributed by atoms with Crippen LogP contribution in [0.3, 0.4) is 0 Å². The van der Waals surface area contributed by atoms with Gasteiger partial charge in [-0.25, -0.2) is 4.98 Å². The smallest absolute Gasteiger partial charge is 0.223 e. The Hall–Kier alpha value is -1.40. The van der Waals surface area contributed by atoms with Gasteiger partial charge in [0.25, 0.3) is 0 Å². The normalized spacial score (nSPS) is 16.4. The van der Waals surface area contributed by atoms with E-state index in [0.29, 0.717) is 25.4 Å². The number of nitrogens with one attached hydrogen (secondary N) is 1. The largest absolute Gasteiger partial charge is 0.343 e. The number of imidazole rings is 1. The van der Waals surface area contributed by atoms with Crippen LogP contribution in [-0.4, -0.2) is 53.1 Å². The highest BCUT2D eigenvalue weighted by Crippen LogP contribution is 2.12. The average molecular weight is 293 g/mol. The molecule has 6 heteroatoms. The second-order valence-corrected chi connectivity index (χ2v) is 5.62. The number of piperidine rings is 1. The molecule has 21 heavy (non-hydrogen) atoms. The molecule has 1 aromatic heterocycles. The minimum Gasteiger partial charge on any atom is -0.343 e. The van der Waals surface area contributed by atoms with Gasteiger partial charge in [-0.3, -0.25) is 4.79 Å². The number of likely N-dealkylation sites (tertiary alicyclic amines) is 1. The lowest BCUT2D eigenvalue weighted by Crippen LogP contribution is -2.44. The number of aryl methyl sites for hydroxylation is 2. The number of amides is 1. The molecule has 0 bridgehead atoms. The number of hydrogen-bond acceptors (Lipinski definition) is 4. The Labute approximate surface area is 126 Å². The van der Waals surface area contributed by atoms with E-state index in [0.717, 1.165) is 44.7 Å². The predicted molar refractivity (Wildman–Crippen MR) is 82.9 cm³/mol. The van der Waals surface area contributed by atoms with Gasteiger partial charge in [0.05, 0.1) is 0 Å². The van der Waals surface area contributed by atoms with Crippen molar-refractivity contribution in [3.63, 3.8) is 0 Å². The van der Waals surface area contributed by atoms with Gasteiger partial charge in [-0.05, 0) is 32.9 Å². The lowest BCUT2D eigenvalue weighted by molar-refractivity contribution is -0.132. The monoisotopic (exact) mass is 293 g/mol. The van der Waals surface area contributed by atoms with Gasteiger partial charge >= 0.3 is 0 Å². The molecule has 1 saturated heterocycles. The van der Waals surface area contributed by atoms with Gasteiger partial charge in [-0.2, -0.15) is 0 Å². The zero-order valence-electron chi connectivity index (χ0n) is 12.9. The topological polar surface area (TPSA) is 76.2 Å². The summed E-state index contributed by atoms with van der Waals surface area (Å²) >= 11 is 0. The molecule has 0 aliphatic carbocycles. The van der Waals surface area contributed by atoms with Crippen LogP contribution in [-0.2, 0) is 17.8 Å². The first-order valence-electron chi connectivity index (χ1n) is 7.89. The van der Waals surface area contributed by atoms with Crippen LogP contribution in [0.1, 0.15) is 31.5 Å². The number of nitrogens with two attached hydrogens (primary N) is 1. The highest BCUT2D eigenvalue weighted by atomic mass is 16.2. The summed E-state index contributed by atoms with van der Waals surface area (Å²) < 4.78 is 2.10. The Morgan fingerprint density at radius 1 is 1.48 bits per heavy atom. The first-order valence-corrected chi connectivity index (χ1v) is 7.89. The van der Waals surface area contributed by atoms with E-state index in [-0.39, 0.29) is 5.91 Å². The summed E-state index contributed by atoms with van der Waals surface area (Å²) in [5.74, 6) is 1.24. The SMILES string of the molecule is CNC1CCN(C(=O)CCc2nccn2CCCN)CC1. The Bertz CT molecular complexity index is 437. The van der Waals surface area contributed by atoms with E-state index < -0.39 is 0 Å². The van der Waals surface area contributed by atoms with Crippen LogP contribution in [0.5, 0.6) is 0 Å². The molecule has 1 aromatic rings. The van der Waals surface area contributed by atoms with E-state index in [1.165, 1.54) is 0 Å². The van der Waals surface area contributed by atoms with Crippen LogP contribution < -0.4 is 11.1 Å². The predicted octanol–water partition coefficient (Wildman–Crippen LogP) is 0.375. The van der Waals surface area contributed by atoms with Crippen molar-refractivity contribution < 1.29 is 4.79 Å². The van der Waals surface area contributed by atoms with Crippen LogP contribution in [0.25, 0.3) is 0 Å². The van der Waals surface area contributed by atoms with Crippen LogP contribution >= 0.6 is 0 Å². The third-order valence-corrected chi connectivity index (χ3v) is 4.22. The summed E-state index contributed by atoms with van der Waals surface area (Å²) in [5, 5.41) is 3.28. The molecule has 1 amide bonds. The first kappa shape index (κ1) is 16.0. The van der Waals surface area contributed by atoms with E-state index in [1.54, 1.807) is 6.20 Å². The van der Waals surface area contributed by atoms with Crippen molar-refractivity contribution >= 4 is 5.91 Å². The molecule has 118 valence electrons. The van der Waals surface area contributed by atoms with Crippen molar-refractivity contribution in [2.24, 2.45) is 5.73 Å². The van der Waals surface area contributed by atoms with Gasteiger partial charge < -0.3 is 20.5 Å². The fourth-order valence-corrected chi connectivity index (χ4v) is 2.83. The Kier molecular flexibility index (Phi) is 6.20. The number of rotatable bonds is 7. The fraction of sp³-hybridized carbons (Fsp3) is 0.733. The zero-order chi connectivity index (χ0) is 15.1. The number of aromatic nitrogens is 2. The van der Waals surface area contributed by atoms with Gasteiger partial charge in [-0.1, -0.05) is 0 Å². The summed E-state index contributed by atoms with van der Waals surface area (Å²) in [6.45, 7) is 3.29. The first-order chi connectivity index (χ1) is 10.2. The third kappa shape index (κ3) is 4.54. The fourth-order valence-electron chi connectivity index (χ4n) is 2.83. The van der Waals surface area contributed by atoms with E-state index in [1.807, 2.05) is 18.1 Å². The molecular weight excluding hydrogens is 266 g/mol. The summed E-state index contributed by atoms with van der Waals surface area (Å²) in [5.41, 5.74) is 5.54. The molecule has 0 spiro atoms. The minimum absolute atomic E-state index is 0.248. The third-order valence-electron chi connectivity index (χ3n) is 4.22. The van der Waals surface area contributed by atoms with Crippen LogP contribution in [0, 0.1) is 0 Å². The van der Waals surface area contributed by atoms with Crippen molar-refractivity contribution in [1.29, 1.82) is 0 Å². The maximum atomic E-state index is 12.3. The Morgan fingerprint density at radius 3 is 2.90 bits per heavy atom. The van der Waals surface area contributed by atoms with Gasteiger partial charge in [0, 0.05) is 50.9 Å². The Morgan fingerprint density at radius 2 is 2.24 bits per heavy atom. The van der Waals surface area contributed by atoms with Gasteiger partial charge in [0.1, 0.15) is 5.82 Å². The molecule has 0 unspecified atom stereocenters. The lowest BCUT2D eigenvalue weighted by Gasteiger charge is -2.31. The maximum Gasteiger partial charge on any atom is 0.223 e. The van der Waals surface area contributed by atoms with Crippen LogP contribution in [0.15, 0.2) is 12.4 Å². The van der Waals surface area contributed by atoms with E-state index in [4.69, 9.17) is 5.73 Å². The molecule has 1 aliphatic rings. The van der Waals surface area contributed by atoms with Crippen LogP contribution in [0.2, 0.25) is 0 Å². The van der Waals surface area contributed by atoms with Crippen molar-refractivity contribution in [2.45, 2.75) is 44.7 Å². The quantitative estimate of drug-likeness (QED) is 0.762. The number of carbonyl (C=O) groups excluding carboxylic acids is 1. The number of hydrogen-bond donors (Lipinski definition) is 2. The number of carbonyl (C=O) groups is 1. The second kappa shape index (κ2) is 8.14. The maximum absolute atomic E-state index is 12.3. The van der Waals surface area contributed by atoms with Crippen molar-refractivity contribution in [2.75, 3.05) is 26.7 Å². The van der Waals surface area contributed by atoms with Gasteiger partial charge in [0.15, 0.2) is 0 Å². The molecule has 0 atom stereocenters. The molecule has 0 radical (unpaired) electrons. The van der Waals surface area contributed by atoms with Crippen molar-refractivity contribution in [3.8, 4) is 0 Å². The lowest BCUT2D eigenvalue weighted by atomic mass is 10.0. The van der Waals surface area contributed by atoms with Crippen molar-refractivity contribution in [3.05, 3.63) is 18.2 Å². The minimum atomic E-state index is 0.248.